The molecule has 0 N–H and O–H groups in total. The molecule has 2 aromatic carbocycles. The quantitative estimate of drug-likeness (QED) is 0.371. The van der Waals surface area contributed by atoms with Crippen molar-refractivity contribution in [1.82, 2.24) is 15.2 Å². The second-order valence-electron chi connectivity index (χ2n) is 7.42. The van der Waals surface area contributed by atoms with Crippen LogP contribution >= 0.6 is 0 Å². The van der Waals surface area contributed by atoms with Crippen LogP contribution < -0.4 is 9.80 Å². The van der Waals surface area contributed by atoms with Gasteiger partial charge < -0.3 is 9.80 Å². The molecule has 8 heteroatoms. The molecule has 2 aromatic heterocycles. The van der Waals surface area contributed by atoms with Crippen LogP contribution in [0, 0.1) is 10.1 Å². The van der Waals surface area contributed by atoms with Gasteiger partial charge in [-0.1, -0.05) is 30.3 Å². The Kier molecular flexibility index (Phi) is 4.87. The molecule has 0 radical (unpaired) electrons. The van der Waals surface area contributed by atoms with Gasteiger partial charge in [-0.3, -0.25) is 10.1 Å². The van der Waals surface area contributed by atoms with Gasteiger partial charge in [0.1, 0.15) is 5.82 Å². The first-order valence-electron chi connectivity index (χ1n) is 10.1. The second-order valence-corrected chi connectivity index (χ2v) is 7.42. The molecular weight excluding hydrogens is 392 g/mol. The van der Waals surface area contributed by atoms with Gasteiger partial charge in [-0.05, 0) is 30.3 Å². The van der Waals surface area contributed by atoms with E-state index >= 15 is 0 Å². The van der Waals surface area contributed by atoms with Crippen molar-refractivity contribution in [1.29, 1.82) is 0 Å². The van der Waals surface area contributed by atoms with Gasteiger partial charge in [0, 0.05) is 49.3 Å². The van der Waals surface area contributed by atoms with Crippen LogP contribution in [0.1, 0.15) is 0 Å². The Balaban J connectivity index is 1.27. The number of nitrogens with zero attached hydrogens (tertiary/aromatic N) is 6. The summed E-state index contributed by atoms with van der Waals surface area (Å²) < 4.78 is 0. The highest BCUT2D eigenvalue weighted by atomic mass is 16.6. The van der Waals surface area contributed by atoms with E-state index in [1.807, 2.05) is 30.3 Å². The first-order chi connectivity index (χ1) is 15.2. The minimum Gasteiger partial charge on any atom is -0.353 e. The maximum atomic E-state index is 11.0. The third-order valence-corrected chi connectivity index (χ3v) is 5.51. The van der Waals surface area contributed by atoms with Crippen molar-refractivity contribution in [2.75, 3.05) is 36.0 Å². The number of hydrogen-bond acceptors (Lipinski definition) is 7. The summed E-state index contributed by atoms with van der Waals surface area (Å²) in [7, 11) is 0. The molecule has 0 bridgehead atoms. The van der Waals surface area contributed by atoms with Crippen molar-refractivity contribution in [2.45, 2.75) is 0 Å². The number of pyridine rings is 1. The van der Waals surface area contributed by atoms with Crippen LogP contribution in [-0.2, 0) is 0 Å². The first kappa shape index (κ1) is 18.9. The fourth-order valence-corrected chi connectivity index (χ4v) is 3.82. The lowest BCUT2D eigenvalue weighted by atomic mass is 10.1. The number of hydrogen-bond donors (Lipinski definition) is 0. The number of anilines is 2. The van der Waals surface area contributed by atoms with Gasteiger partial charge in [-0.2, -0.15) is 0 Å². The van der Waals surface area contributed by atoms with Crippen LogP contribution in [0.25, 0.3) is 22.2 Å². The Morgan fingerprint density at radius 1 is 0.774 bits per heavy atom. The van der Waals surface area contributed by atoms with Gasteiger partial charge >= 0.3 is 0 Å². The molecular formula is C23H20N6O2. The summed E-state index contributed by atoms with van der Waals surface area (Å²) >= 11 is 0. The van der Waals surface area contributed by atoms with E-state index in [9.17, 15) is 10.1 Å². The van der Waals surface area contributed by atoms with E-state index < -0.39 is 4.92 Å². The van der Waals surface area contributed by atoms with E-state index in [1.54, 1.807) is 12.1 Å². The average Bonchev–Trinajstić information content (AvgIpc) is 2.84. The van der Waals surface area contributed by atoms with Crippen LogP contribution in [0.5, 0.6) is 0 Å². The maximum Gasteiger partial charge on any atom is 0.270 e. The Morgan fingerprint density at radius 3 is 2.26 bits per heavy atom. The molecule has 8 nitrogen and oxygen atoms in total. The highest BCUT2D eigenvalue weighted by Gasteiger charge is 2.20. The third kappa shape index (κ3) is 3.87. The van der Waals surface area contributed by atoms with Crippen molar-refractivity contribution in [3.05, 3.63) is 82.9 Å². The number of non-ortho nitro benzene ring substituents is 1. The van der Waals surface area contributed by atoms with E-state index in [0.717, 1.165) is 48.7 Å². The van der Waals surface area contributed by atoms with Gasteiger partial charge in [0.25, 0.3) is 5.69 Å². The van der Waals surface area contributed by atoms with Crippen LogP contribution in [-0.4, -0.2) is 46.3 Å². The first-order valence-corrected chi connectivity index (χ1v) is 10.1. The number of aromatic nitrogens is 3. The van der Waals surface area contributed by atoms with Gasteiger partial charge in [0.15, 0.2) is 5.82 Å². The van der Waals surface area contributed by atoms with Gasteiger partial charge in [-0.15, -0.1) is 10.2 Å². The molecule has 1 fully saturated rings. The highest BCUT2D eigenvalue weighted by Crippen LogP contribution is 2.24. The lowest BCUT2D eigenvalue weighted by Gasteiger charge is -2.35. The van der Waals surface area contributed by atoms with Crippen LogP contribution in [0.4, 0.5) is 17.3 Å². The fraction of sp³-hybridized carbons (Fsp3) is 0.174. The topological polar surface area (TPSA) is 88.3 Å². The lowest BCUT2D eigenvalue weighted by molar-refractivity contribution is -0.384. The lowest BCUT2D eigenvalue weighted by Crippen LogP contribution is -2.47. The zero-order chi connectivity index (χ0) is 21.2. The Morgan fingerprint density at radius 2 is 1.52 bits per heavy atom. The average molecular weight is 412 g/mol. The maximum absolute atomic E-state index is 11.0. The molecule has 31 heavy (non-hydrogen) atoms. The molecule has 0 aliphatic carbocycles. The molecule has 1 aliphatic rings. The number of nitro groups is 1. The largest absolute Gasteiger partial charge is 0.353 e. The number of piperazine rings is 1. The molecule has 4 aromatic rings. The summed E-state index contributed by atoms with van der Waals surface area (Å²) in [6, 6.07) is 22.5. The SMILES string of the molecule is O=[N+]([O-])c1cccc(-c2ccc(N3CCN(c4ccc5ccccc5n4)CC3)nn2)c1. The van der Waals surface area contributed by atoms with Crippen LogP contribution in [0.2, 0.25) is 0 Å². The summed E-state index contributed by atoms with van der Waals surface area (Å²) in [5.41, 5.74) is 2.35. The van der Waals surface area contributed by atoms with E-state index in [2.05, 4.69) is 38.2 Å². The van der Waals surface area contributed by atoms with E-state index in [1.165, 1.54) is 12.1 Å². The number of nitro benzene ring substituents is 1. The highest BCUT2D eigenvalue weighted by molar-refractivity contribution is 5.80. The Bertz CT molecular complexity index is 1240. The van der Waals surface area contributed by atoms with Crippen LogP contribution in [0.3, 0.4) is 0 Å². The minimum absolute atomic E-state index is 0.0433. The van der Waals surface area contributed by atoms with E-state index in [0.29, 0.717) is 11.3 Å². The monoisotopic (exact) mass is 412 g/mol. The summed E-state index contributed by atoms with van der Waals surface area (Å²) in [4.78, 5) is 19.9. The van der Waals surface area contributed by atoms with Gasteiger partial charge in [0.2, 0.25) is 0 Å². The van der Waals surface area contributed by atoms with Crippen molar-refractivity contribution in [3.8, 4) is 11.3 Å². The van der Waals surface area contributed by atoms with Crippen molar-refractivity contribution in [3.63, 3.8) is 0 Å². The summed E-state index contributed by atoms with van der Waals surface area (Å²) in [6.45, 7) is 3.33. The molecule has 154 valence electrons. The number of para-hydroxylation sites is 1. The molecule has 5 rings (SSSR count). The van der Waals surface area contributed by atoms with Crippen molar-refractivity contribution in [2.24, 2.45) is 0 Å². The van der Waals surface area contributed by atoms with Gasteiger partial charge in [0.05, 0.1) is 16.1 Å². The Hall–Kier alpha value is -4.07. The summed E-state index contributed by atoms with van der Waals surface area (Å²) in [6.07, 6.45) is 0. The normalized spacial score (nSPS) is 14.1. The summed E-state index contributed by atoms with van der Waals surface area (Å²) in [5, 5.41) is 20.8. The molecule has 1 aliphatic heterocycles. The summed E-state index contributed by atoms with van der Waals surface area (Å²) in [5.74, 6) is 1.80. The smallest absolute Gasteiger partial charge is 0.270 e. The fourth-order valence-electron chi connectivity index (χ4n) is 3.82. The number of benzene rings is 2. The molecule has 3 heterocycles. The van der Waals surface area contributed by atoms with Crippen molar-refractivity contribution < 1.29 is 4.92 Å². The Labute approximate surface area is 178 Å². The zero-order valence-electron chi connectivity index (χ0n) is 16.8. The molecule has 1 saturated heterocycles. The molecule has 0 saturated carbocycles. The predicted octanol–water partition coefficient (Wildman–Crippen LogP) is 3.93. The van der Waals surface area contributed by atoms with Crippen molar-refractivity contribution >= 4 is 28.2 Å². The van der Waals surface area contributed by atoms with Crippen LogP contribution in [0.15, 0.2) is 72.8 Å². The standard InChI is InChI=1S/C23H20N6O2/c30-29(31)19-6-3-5-18(16-19)21-9-11-23(26-25-21)28-14-12-27(13-15-28)22-10-8-17-4-1-2-7-20(17)24-22/h1-11,16H,12-15H2. The predicted molar refractivity (Wildman–Crippen MR) is 120 cm³/mol. The van der Waals surface area contributed by atoms with E-state index in [4.69, 9.17) is 4.98 Å². The van der Waals surface area contributed by atoms with E-state index in [-0.39, 0.29) is 5.69 Å². The molecule has 0 unspecified atom stereocenters. The number of fused-ring (bicyclic) bond motifs is 1. The second kappa shape index (κ2) is 7.98. The van der Waals surface area contributed by atoms with Gasteiger partial charge in [-0.25, -0.2) is 4.98 Å². The zero-order valence-corrected chi connectivity index (χ0v) is 16.8. The number of rotatable bonds is 4. The third-order valence-electron chi connectivity index (χ3n) is 5.51. The molecule has 0 atom stereocenters. The minimum atomic E-state index is -0.408. The molecule has 0 amide bonds. The molecule has 0 spiro atoms.